The lowest BCUT2D eigenvalue weighted by atomic mass is 10.0. The molecule has 2 rings (SSSR count). The summed E-state index contributed by atoms with van der Waals surface area (Å²) in [5.41, 5.74) is 3.28. The van der Waals surface area contributed by atoms with E-state index in [1.54, 1.807) is 0 Å². The van der Waals surface area contributed by atoms with Crippen LogP contribution in [0.25, 0.3) is 0 Å². The third kappa shape index (κ3) is 2.61. The van der Waals surface area contributed by atoms with Crippen molar-refractivity contribution in [3.8, 4) is 0 Å². The van der Waals surface area contributed by atoms with Crippen molar-refractivity contribution >= 4 is 23.6 Å². The van der Waals surface area contributed by atoms with Gasteiger partial charge in [-0.05, 0) is 25.0 Å². The van der Waals surface area contributed by atoms with Crippen molar-refractivity contribution in [2.75, 3.05) is 5.75 Å². The van der Waals surface area contributed by atoms with E-state index in [0.29, 0.717) is 5.75 Å². The molecule has 1 saturated heterocycles. The Balaban J connectivity index is 2.38. The lowest BCUT2D eigenvalue weighted by Crippen LogP contribution is -2.41. The standard InChI is InChI=1S/C14H17NO3S/c1-8-4-5-11(9(2)6-8)13-15(10(3)16)12(7-19-13)14(17)18/h4-6,12-13H,7H2,1-3H3,(H,17,18). The molecule has 2 atom stereocenters. The van der Waals surface area contributed by atoms with Crippen LogP contribution in [0.2, 0.25) is 0 Å². The summed E-state index contributed by atoms with van der Waals surface area (Å²) in [5.74, 6) is -0.690. The summed E-state index contributed by atoms with van der Waals surface area (Å²) >= 11 is 1.51. The van der Waals surface area contributed by atoms with Gasteiger partial charge in [0.1, 0.15) is 11.4 Å². The van der Waals surface area contributed by atoms with E-state index in [1.807, 2.05) is 26.0 Å². The van der Waals surface area contributed by atoms with Gasteiger partial charge in [-0.25, -0.2) is 4.79 Å². The van der Waals surface area contributed by atoms with Crippen molar-refractivity contribution < 1.29 is 14.7 Å². The van der Waals surface area contributed by atoms with E-state index in [-0.39, 0.29) is 11.3 Å². The van der Waals surface area contributed by atoms with Gasteiger partial charge in [0.25, 0.3) is 0 Å². The van der Waals surface area contributed by atoms with Gasteiger partial charge in [-0.15, -0.1) is 11.8 Å². The summed E-state index contributed by atoms with van der Waals surface area (Å²) in [7, 11) is 0. The number of nitrogens with zero attached hydrogens (tertiary/aromatic N) is 1. The molecule has 0 saturated carbocycles. The predicted molar refractivity (Wildman–Crippen MR) is 75.1 cm³/mol. The fourth-order valence-corrected chi connectivity index (χ4v) is 3.99. The zero-order valence-electron chi connectivity index (χ0n) is 11.2. The molecule has 5 heteroatoms. The smallest absolute Gasteiger partial charge is 0.327 e. The maximum Gasteiger partial charge on any atom is 0.327 e. The van der Waals surface area contributed by atoms with Crippen molar-refractivity contribution in [3.05, 3.63) is 34.9 Å². The highest BCUT2D eigenvalue weighted by atomic mass is 32.2. The molecule has 1 aromatic rings. The van der Waals surface area contributed by atoms with Crippen LogP contribution >= 0.6 is 11.8 Å². The minimum atomic E-state index is -0.935. The molecule has 1 aromatic carbocycles. The van der Waals surface area contributed by atoms with Gasteiger partial charge < -0.3 is 10.0 Å². The number of aliphatic carboxylic acids is 1. The number of carbonyl (C=O) groups is 2. The van der Waals surface area contributed by atoms with Crippen LogP contribution in [0.5, 0.6) is 0 Å². The zero-order chi connectivity index (χ0) is 14.2. The van der Waals surface area contributed by atoms with Crippen LogP contribution in [0, 0.1) is 13.8 Å². The van der Waals surface area contributed by atoms with Gasteiger partial charge >= 0.3 is 5.97 Å². The molecule has 19 heavy (non-hydrogen) atoms. The molecule has 1 N–H and O–H groups in total. The summed E-state index contributed by atoms with van der Waals surface area (Å²) in [6, 6.07) is 5.31. The Kier molecular flexibility index (Phi) is 3.85. The molecule has 0 aliphatic carbocycles. The third-order valence-electron chi connectivity index (χ3n) is 3.34. The lowest BCUT2D eigenvalue weighted by Gasteiger charge is -2.27. The number of benzene rings is 1. The first kappa shape index (κ1) is 13.9. The van der Waals surface area contributed by atoms with Crippen LogP contribution in [-0.4, -0.2) is 33.7 Å². The van der Waals surface area contributed by atoms with Crippen molar-refractivity contribution in [1.29, 1.82) is 0 Å². The first-order chi connectivity index (χ1) is 8.91. The third-order valence-corrected chi connectivity index (χ3v) is 4.65. The first-order valence-electron chi connectivity index (χ1n) is 6.12. The molecule has 1 fully saturated rings. The van der Waals surface area contributed by atoms with Crippen molar-refractivity contribution in [3.63, 3.8) is 0 Å². The fraction of sp³-hybridized carbons (Fsp3) is 0.429. The molecule has 0 spiro atoms. The topological polar surface area (TPSA) is 57.6 Å². The SMILES string of the molecule is CC(=O)N1C(C(=O)O)CSC1c1ccc(C)cc1C. The Morgan fingerprint density at radius 1 is 1.37 bits per heavy atom. The summed E-state index contributed by atoms with van der Waals surface area (Å²) in [4.78, 5) is 24.5. The number of carboxylic acid groups (broad SMARTS) is 1. The maximum atomic E-state index is 11.8. The van der Waals surface area contributed by atoms with E-state index in [2.05, 4.69) is 6.07 Å². The highest BCUT2D eigenvalue weighted by Crippen LogP contribution is 2.42. The largest absolute Gasteiger partial charge is 0.480 e. The van der Waals surface area contributed by atoms with Gasteiger partial charge in [0.05, 0.1) is 0 Å². The number of rotatable bonds is 2. The molecule has 0 radical (unpaired) electrons. The maximum absolute atomic E-state index is 11.8. The number of hydrogen-bond donors (Lipinski definition) is 1. The molecule has 1 amide bonds. The van der Waals surface area contributed by atoms with Gasteiger partial charge in [0.15, 0.2) is 0 Å². The van der Waals surface area contributed by atoms with Crippen molar-refractivity contribution in [2.24, 2.45) is 0 Å². The molecule has 0 bridgehead atoms. The molecule has 102 valence electrons. The van der Waals surface area contributed by atoms with Crippen LogP contribution in [0.15, 0.2) is 18.2 Å². The molecular weight excluding hydrogens is 262 g/mol. The van der Waals surface area contributed by atoms with E-state index in [1.165, 1.54) is 23.6 Å². The van der Waals surface area contributed by atoms with E-state index >= 15 is 0 Å². The zero-order valence-corrected chi connectivity index (χ0v) is 12.0. The second-order valence-corrected chi connectivity index (χ2v) is 5.94. The van der Waals surface area contributed by atoms with Crippen molar-refractivity contribution in [1.82, 2.24) is 4.90 Å². The highest BCUT2D eigenvalue weighted by Gasteiger charge is 2.41. The summed E-state index contributed by atoms with van der Waals surface area (Å²) < 4.78 is 0. The highest BCUT2D eigenvalue weighted by molar-refractivity contribution is 7.99. The summed E-state index contributed by atoms with van der Waals surface area (Å²) in [6.45, 7) is 5.44. The average molecular weight is 279 g/mol. The normalized spacial score (nSPS) is 22.6. The fourth-order valence-electron chi connectivity index (χ4n) is 2.42. The minimum absolute atomic E-state index is 0.192. The molecule has 0 aromatic heterocycles. The Morgan fingerprint density at radius 3 is 2.58 bits per heavy atom. The number of thioether (sulfide) groups is 1. The van der Waals surface area contributed by atoms with Crippen LogP contribution in [0.3, 0.4) is 0 Å². The van der Waals surface area contributed by atoms with E-state index < -0.39 is 12.0 Å². The minimum Gasteiger partial charge on any atom is -0.480 e. The van der Waals surface area contributed by atoms with Crippen LogP contribution in [0.1, 0.15) is 29.0 Å². The second-order valence-electron chi connectivity index (χ2n) is 4.83. The van der Waals surface area contributed by atoms with E-state index in [9.17, 15) is 14.7 Å². The van der Waals surface area contributed by atoms with Gasteiger partial charge in [-0.2, -0.15) is 0 Å². The number of carboxylic acids is 1. The first-order valence-corrected chi connectivity index (χ1v) is 7.17. The predicted octanol–water partition coefficient (Wildman–Crippen LogP) is 2.35. The van der Waals surface area contributed by atoms with Gasteiger partial charge in [0.2, 0.25) is 5.91 Å². The van der Waals surface area contributed by atoms with Crippen LogP contribution < -0.4 is 0 Å². The summed E-state index contributed by atoms with van der Waals surface area (Å²) in [5, 5.41) is 9.01. The molecular formula is C14H17NO3S. The Morgan fingerprint density at radius 2 is 2.05 bits per heavy atom. The molecule has 2 unspecified atom stereocenters. The van der Waals surface area contributed by atoms with E-state index in [0.717, 1.165) is 16.7 Å². The molecule has 1 aliphatic heterocycles. The number of aryl methyl sites for hydroxylation is 2. The Hall–Kier alpha value is -1.49. The average Bonchev–Trinajstić information content (AvgIpc) is 2.73. The molecule has 1 aliphatic rings. The number of amides is 1. The molecule has 4 nitrogen and oxygen atoms in total. The van der Waals surface area contributed by atoms with Gasteiger partial charge in [0, 0.05) is 12.7 Å². The van der Waals surface area contributed by atoms with Gasteiger partial charge in [-0.1, -0.05) is 23.8 Å². The van der Waals surface area contributed by atoms with Crippen LogP contribution in [0.4, 0.5) is 0 Å². The quantitative estimate of drug-likeness (QED) is 0.903. The Labute approximate surface area is 116 Å². The van der Waals surface area contributed by atoms with Crippen molar-refractivity contribution in [2.45, 2.75) is 32.2 Å². The van der Waals surface area contributed by atoms with Crippen LogP contribution in [-0.2, 0) is 9.59 Å². The second kappa shape index (κ2) is 5.25. The summed E-state index contributed by atoms with van der Waals surface area (Å²) in [6.07, 6.45) is 0. The van der Waals surface area contributed by atoms with Gasteiger partial charge in [-0.3, -0.25) is 4.79 Å². The Bertz CT molecular complexity index is 529. The molecule has 1 heterocycles. The monoisotopic (exact) mass is 279 g/mol. The lowest BCUT2D eigenvalue weighted by molar-refractivity contribution is -0.148. The number of hydrogen-bond acceptors (Lipinski definition) is 3. The van der Waals surface area contributed by atoms with E-state index in [4.69, 9.17) is 0 Å². The number of carbonyl (C=O) groups excluding carboxylic acids is 1.